The predicted molar refractivity (Wildman–Crippen MR) is 74.7 cm³/mol. The fourth-order valence-corrected chi connectivity index (χ4v) is 2.94. The van der Waals surface area contributed by atoms with Crippen molar-refractivity contribution in [1.82, 2.24) is 4.90 Å². The molecule has 98 valence electrons. The van der Waals surface area contributed by atoms with E-state index in [-0.39, 0.29) is 11.9 Å². The van der Waals surface area contributed by atoms with Crippen LogP contribution in [0.15, 0.2) is 22.7 Å². The molecule has 1 aliphatic rings. The average molecular weight is 312 g/mol. The summed E-state index contributed by atoms with van der Waals surface area (Å²) in [5.41, 5.74) is 1.10. The van der Waals surface area contributed by atoms with E-state index in [1.54, 1.807) is 7.11 Å². The van der Waals surface area contributed by atoms with Crippen LogP contribution >= 0.6 is 15.9 Å². The average Bonchev–Trinajstić information content (AvgIpc) is 2.86. The maximum atomic E-state index is 12.0. The Morgan fingerprint density at radius 3 is 3.00 bits per heavy atom. The summed E-state index contributed by atoms with van der Waals surface area (Å²) in [6.45, 7) is 2.77. The van der Waals surface area contributed by atoms with Crippen LogP contribution in [0.4, 0.5) is 0 Å². The van der Waals surface area contributed by atoms with Gasteiger partial charge in [-0.2, -0.15) is 0 Å². The molecule has 1 aromatic rings. The van der Waals surface area contributed by atoms with E-state index in [9.17, 15) is 4.79 Å². The minimum Gasteiger partial charge on any atom is -0.496 e. The second-order valence-corrected chi connectivity index (χ2v) is 5.40. The lowest BCUT2D eigenvalue weighted by Gasteiger charge is -2.26. The zero-order valence-electron chi connectivity index (χ0n) is 10.8. The van der Waals surface area contributed by atoms with Gasteiger partial charge >= 0.3 is 0 Å². The molecule has 1 aliphatic heterocycles. The third-order valence-electron chi connectivity index (χ3n) is 3.43. The van der Waals surface area contributed by atoms with E-state index in [0.717, 1.165) is 35.2 Å². The Balaban J connectivity index is 2.35. The first kappa shape index (κ1) is 13.4. The molecule has 1 fully saturated rings. The van der Waals surface area contributed by atoms with Crippen LogP contribution in [-0.4, -0.2) is 24.5 Å². The molecular formula is C14H18BrNO2. The first-order valence-electron chi connectivity index (χ1n) is 6.30. The van der Waals surface area contributed by atoms with Crippen LogP contribution in [0.1, 0.15) is 37.8 Å². The van der Waals surface area contributed by atoms with Gasteiger partial charge in [0.05, 0.1) is 13.2 Å². The lowest BCUT2D eigenvalue weighted by atomic mass is 10.0. The van der Waals surface area contributed by atoms with Crippen molar-refractivity contribution >= 4 is 21.8 Å². The molecule has 3 nitrogen and oxygen atoms in total. The number of amides is 1. The number of hydrogen-bond acceptors (Lipinski definition) is 2. The molecular weight excluding hydrogens is 294 g/mol. The minimum atomic E-state index is 0.157. The van der Waals surface area contributed by atoms with E-state index >= 15 is 0 Å². The summed E-state index contributed by atoms with van der Waals surface area (Å²) in [4.78, 5) is 13.9. The van der Waals surface area contributed by atoms with Crippen molar-refractivity contribution in [1.29, 1.82) is 0 Å². The molecule has 1 heterocycles. The maximum Gasteiger partial charge on any atom is 0.222 e. The Kier molecular flexibility index (Phi) is 4.27. The van der Waals surface area contributed by atoms with Gasteiger partial charge < -0.3 is 9.64 Å². The van der Waals surface area contributed by atoms with E-state index in [1.165, 1.54) is 0 Å². The van der Waals surface area contributed by atoms with Crippen molar-refractivity contribution in [3.05, 3.63) is 28.2 Å². The third-order valence-corrected chi connectivity index (χ3v) is 3.92. The van der Waals surface area contributed by atoms with E-state index < -0.39 is 0 Å². The Hall–Kier alpha value is -1.03. The summed E-state index contributed by atoms with van der Waals surface area (Å²) in [7, 11) is 1.67. The van der Waals surface area contributed by atoms with Crippen LogP contribution < -0.4 is 4.74 Å². The number of carbonyl (C=O) groups excluding carboxylic acids is 1. The van der Waals surface area contributed by atoms with Crippen LogP contribution in [0.5, 0.6) is 5.75 Å². The van der Waals surface area contributed by atoms with Gasteiger partial charge in [0.2, 0.25) is 5.91 Å². The molecule has 1 amide bonds. The summed E-state index contributed by atoms with van der Waals surface area (Å²) in [5.74, 6) is 1.08. The number of methoxy groups -OCH3 is 1. The highest BCUT2D eigenvalue weighted by Gasteiger charge is 2.30. The van der Waals surface area contributed by atoms with Crippen LogP contribution in [-0.2, 0) is 4.79 Å². The number of benzene rings is 1. The van der Waals surface area contributed by atoms with Gasteiger partial charge in [-0.15, -0.1) is 0 Å². The maximum absolute atomic E-state index is 12.0. The zero-order chi connectivity index (χ0) is 13.1. The lowest BCUT2D eigenvalue weighted by Crippen LogP contribution is -2.29. The molecule has 0 bridgehead atoms. The smallest absolute Gasteiger partial charge is 0.222 e. The third kappa shape index (κ3) is 2.53. The molecule has 0 spiro atoms. The van der Waals surface area contributed by atoms with Gasteiger partial charge in [0.15, 0.2) is 0 Å². The molecule has 4 heteroatoms. The summed E-state index contributed by atoms with van der Waals surface area (Å²) < 4.78 is 6.44. The highest BCUT2D eigenvalue weighted by Crippen LogP contribution is 2.38. The molecule has 1 saturated heterocycles. The SMILES string of the molecule is CCC(=O)N1CCCC1c1cc(Br)ccc1OC. The molecule has 0 saturated carbocycles. The summed E-state index contributed by atoms with van der Waals surface area (Å²) in [6.07, 6.45) is 2.64. The fourth-order valence-electron chi connectivity index (χ4n) is 2.56. The van der Waals surface area contributed by atoms with Crippen LogP contribution in [0.25, 0.3) is 0 Å². The predicted octanol–water partition coefficient (Wildman–Crippen LogP) is 3.53. The van der Waals surface area contributed by atoms with E-state index in [1.807, 2.05) is 24.0 Å². The highest BCUT2D eigenvalue weighted by molar-refractivity contribution is 9.10. The number of ether oxygens (including phenoxy) is 1. The topological polar surface area (TPSA) is 29.5 Å². The van der Waals surface area contributed by atoms with Crippen LogP contribution in [0.2, 0.25) is 0 Å². The van der Waals surface area contributed by atoms with Gasteiger partial charge in [-0.05, 0) is 31.0 Å². The van der Waals surface area contributed by atoms with E-state index in [2.05, 4.69) is 22.0 Å². The van der Waals surface area contributed by atoms with Crippen molar-refractivity contribution in [3.63, 3.8) is 0 Å². The van der Waals surface area contributed by atoms with Crippen molar-refractivity contribution in [2.45, 2.75) is 32.2 Å². The Morgan fingerprint density at radius 2 is 2.33 bits per heavy atom. The van der Waals surface area contributed by atoms with Gasteiger partial charge in [0, 0.05) is 23.0 Å². The molecule has 18 heavy (non-hydrogen) atoms. The van der Waals surface area contributed by atoms with Crippen LogP contribution in [0.3, 0.4) is 0 Å². The summed E-state index contributed by atoms with van der Waals surface area (Å²) in [6, 6.07) is 6.13. The van der Waals surface area contributed by atoms with Crippen molar-refractivity contribution in [3.8, 4) is 5.75 Å². The largest absolute Gasteiger partial charge is 0.496 e. The number of halogens is 1. The number of likely N-dealkylation sites (tertiary alicyclic amines) is 1. The summed E-state index contributed by atoms with van der Waals surface area (Å²) in [5, 5.41) is 0. The second kappa shape index (κ2) is 5.74. The van der Waals surface area contributed by atoms with Gasteiger partial charge in [0.25, 0.3) is 0 Å². The van der Waals surface area contributed by atoms with Crippen molar-refractivity contribution in [2.24, 2.45) is 0 Å². The molecule has 0 aliphatic carbocycles. The first-order chi connectivity index (χ1) is 8.67. The monoisotopic (exact) mass is 311 g/mol. The highest BCUT2D eigenvalue weighted by atomic mass is 79.9. The normalized spacial score (nSPS) is 19.1. The zero-order valence-corrected chi connectivity index (χ0v) is 12.4. The van der Waals surface area contributed by atoms with Gasteiger partial charge in [-0.1, -0.05) is 22.9 Å². The fraction of sp³-hybridized carbons (Fsp3) is 0.500. The van der Waals surface area contributed by atoms with Gasteiger partial charge in [-0.25, -0.2) is 0 Å². The quantitative estimate of drug-likeness (QED) is 0.854. The van der Waals surface area contributed by atoms with E-state index in [4.69, 9.17) is 4.74 Å². The van der Waals surface area contributed by atoms with E-state index in [0.29, 0.717) is 6.42 Å². The minimum absolute atomic E-state index is 0.157. The molecule has 1 atom stereocenters. The number of carbonyl (C=O) groups is 1. The number of nitrogens with zero attached hydrogens (tertiary/aromatic N) is 1. The van der Waals surface area contributed by atoms with Crippen molar-refractivity contribution < 1.29 is 9.53 Å². The molecule has 0 radical (unpaired) electrons. The molecule has 0 N–H and O–H groups in total. The number of rotatable bonds is 3. The molecule has 1 unspecified atom stereocenters. The second-order valence-electron chi connectivity index (χ2n) is 4.48. The van der Waals surface area contributed by atoms with Crippen LogP contribution in [0, 0.1) is 0 Å². The molecule has 0 aromatic heterocycles. The van der Waals surface area contributed by atoms with Gasteiger partial charge in [0.1, 0.15) is 5.75 Å². The Labute approximate surface area is 116 Å². The lowest BCUT2D eigenvalue weighted by molar-refractivity contribution is -0.131. The van der Waals surface area contributed by atoms with Gasteiger partial charge in [-0.3, -0.25) is 4.79 Å². The Morgan fingerprint density at radius 1 is 1.56 bits per heavy atom. The number of hydrogen-bond donors (Lipinski definition) is 0. The molecule has 2 rings (SSSR count). The first-order valence-corrected chi connectivity index (χ1v) is 7.09. The van der Waals surface area contributed by atoms with Crippen molar-refractivity contribution in [2.75, 3.05) is 13.7 Å². The standard InChI is InChI=1S/C14H18BrNO2/c1-3-14(17)16-8-4-5-12(16)11-9-10(15)6-7-13(11)18-2/h6-7,9,12H,3-5,8H2,1-2H3. The summed E-state index contributed by atoms with van der Waals surface area (Å²) >= 11 is 3.49. The Bertz CT molecular complexity index is 447. The molecule has 1 aromatic carbocycles.